The van der Waals surface area contributed by atoms with Crippen LogP contribution in [0.2, 0.25) is 0 Å². The monoisotopic (exact) mass is 254 g/mol. The Morgan fingerprint density at radius 1 is 1.05 bits per heavy atom. The molecular weight excluding hydrogens is 232 g/mol. The maximum atomic E-state index is 4.46. The average molecular weight is 254 g/mol. The van der Waals surface area contributed by atoms with Crippen LogP contribution in [0.25, 0.3) is 11.3 Å². The summed E-state index contributed by atoms with van der Waals surface area (Å²) in [6.07, 6.45) is 1.87. The topological polar surface area (TPSA) is 24.9 Å². The fourth-order valence-corrected chi connectivity index (χ4v) is 2.09. The van der Waals surface area contributed by atoms with Gasteiger partial charge in [-0.15, -0.1) is 0 Å². The smallest absolute Gasteiger partial charge is 0.0705 e. The average Bonchev–Trinajstić information content (AvgIpc) is 2.39. The molecular formula is C17H22N2. The van der Waals surface area contributed by atoms with Crippen LogP contribution in [0.15, 0.2) is 42.6 Å². The number of nitrogens with zero attached hydrogens (tertiary/aromatic N) is 1. The number of nitrogens with one attached hydrogen (secondary N) is 1. The number of rotatable bonds is 3. The molecule has 0 spiro atoms. The highest BCUT2D eigenvalue weighted by molar-refractivity contribution is 5.60. The maximum absolute atomic E-state index is 4.46. The minimum atomic E-state index is 0.194. The highest BCUT2D eigenvalue weighted by atomic mass is 14.8. The first-order valence-corrected chi connectivity index (χ1v) is 6.71. The molecule has 0 aliphatic heterocycles. The van der Waals surface area contributed by atoms with Gasteiger partial charge in [0.2, 0.25) is 0 Å². The van der Waals surface area contributed by atoms with Gasteiger partial charge in [-0.25, -0.2) is 0 Å². The molecule has 0 aliphatic carbocycles. The summed E-state index contributed by atoms with van der Waals surface area (Å²) in [7, 11) is 1.96. The lowest BCUT2D eigenvalue weighted by atomic mass is 9.86. The molecule has 0 fully saturated rings. The van der Waals surface area contributed by atoms with Gasteiger partial charge in [-0.3, -0.25) is 4.98 Å². The zero-order chi connectivity index (χ0) is 13.9. The molecule has 0 radical (unpaired) electrons. The van der Waals surface area contributed by atoms with Gasteiger partial charge in [0.05, 0.1) is 5.69 Å². The van der Waals surface area contributed by atoms with Crippen molar-refractivity contribution in [2.24, 2.45) is 0 Å². The molecule has 1 heterocycles. The van der Waals surface area contributed by atoms with Crippen molar-refractivity contribution in [2.75, 3.05) is 7.05 Å². The number of aromatic nitrogens is 1. The number of hydrogen-bond acceptors (Lipinski definition) is 2. The summed E-state index contributed by atoms with van der Waals surface area (Å²) in [6, 6.07) is 12.9. The second-order valence-corrected chi connectivity index (χ2v) is 5.91. The largest absolute Gasteiger partial charge is 0.316 e. The van der Waals surface area contributed by atoms with Crippen LogP contribution < -0.4 is 5.32 Å². The fraction of sp³-hybridized carbons (Fsp3) is 0.353. The molecule has 19 heavy (non-hydrogen) atoms. The Bertz CT molecular complexity index is 536. The van der Waals surface area contributed by atoms with Crippen LogP contribution in [0, 0.1) is 0 Å². The molecule has 2 nitrogen and oxygen atoms in total. The molecule has 0 atom stereocenters. The lowest BCUT2D eigenvalue weighted by Crippen LogP contribution is -2.10. The van der Waals surface area contributed by atoms with Crippen molar-refractivity contribution in [3.63, 3.8) is 0 Å². The summed E-state index contributed by atoms with van der Waals surface area (Å²) in [4.78, 5) is 4.46. The van der Waals surface area contributed by atoms with E-state index in [4.69, 9.17) is 0 Å². The third kappa shape index (κ3) is 3.42. The van der Waals surface area contributed by atoms with E-state index in [2.05, 4.69) is 61.4 Å². The quantitative estimate of drug-likeness (QED) is 0.902. The summed E-state index contributed by atoms with van der Waals surface area (Å²) >= 11 is 0. The lowest BCUT2D eigenvalue weighted by molar-refractivity contribution is 0.590. The van der Waals surface area contributed by atoms with Gasteiger partial charge in [-0.2, -0.15) is 0 Å². The minimum Gasteiger partial charge on any atom is -0.316 e. The van der Waals surface area contributed by atoms with Crippen LogP contribution >= 0.6 is 0 Å². The predicted octanol–water partition coefficient (Wildman–Crippen LogP) is 3.77. The summed E-state index contributed by atoms with van der Waals surface area (Å²) in [5.41, 5.74) is 5.01. The first kappa shape index (κ1) is 13.8. The standard InChI is InChI=1S/C17H22N2/c1-17(2,3)15-7-5-14(6-8-15)16-11-13(12-18-4)9-10-19-16/h5-11,18H,12H2,1-4H3. The Balaban J connectivity index is 2.29. The van der Waals surface area contributed by atoms with Gasteiger partial charge in [0.1, 0.15) is 0 Å². The summed E-state index contributed by atoms with van der Waals surface area (Å²) in [6.45, 7) is 7.56. The number of hydrogen-bond donors (Lipinski definition) is 1. The molecule has 2 heteroatoms. The van der Waals surface area contributed by atoms with E-state index in [1.165, 1.54) is 16.7 Å². The zero-order valence-electron chi connectivity index (χ0n) is 12.2. The molecule has 0 unspecified atom stereocenters. The highest BCUT2D eigenvalue weighted by Crippen LogP contribution is 2.25. The van der Waals surface area contributed by atoms with Crippen molar-refractivity contribution in [1.29, 1.82) is 0 Å². The fourth-order valence-electron chi connectivity index (χ4n) is 2.09. The van der Waals surface area contributed by atoms with Crippen LogP contribution in [0.1, 0.15) is 31.9 Å². The van der Waals surface area contributed by atoms with E-state index in [1.807, 2.05) is 19.3 Å². The Morgan fingerprint density at radius 3 is 2.32 bits per heavy atom. The SMILES string of the molecule is CNCc1ccnc(-c2ccc(C(C)(C)C)cc2)c1. The van der Waals surface area contributed by atoms with Crippen LogP contribution in [-0.2, 0) is 12.0 Å². The molecule has 0 amide bonds. The Kier molecular flexibility index (Phi) is 4.01. The van der Waals surface area contributed by atoms with Gasteiger partial charge >= 0.3 is 0 Å². The van der Waals surface area contributed by atoms with E-state index in [9.17, 15) is 0 Å². The van der Waals surface area contributed by atoms with E-state index in [1.54, 1.807) is 0 Å². The van der Waals surface area contributed by atoms with Gasteiger partial charge < -0.3 is 5.32 Å². The molecule has 0 aliphatic rings. The van der Waals surface area contributed by atoms with Crippen molar-refractivity contribution in [1.82, 2.24) is 10.3 Å². The molecule has 1 aromatic heterocycles. The predicted molar refractivity (Wildman–Crippen MR) is 81.1 cm³/mol. The molecule has 100 valence electrons. The first-order valence-electron chi connectivity index (χ1n) is 6.71. The highest BCUT2D eigenvalue weighted by Gasteiger charge is 2.13. The first-order chi connectivity index (χ1) is 9.00. The summed E-state index contributed by atoms with van der Waals surface area (Å²) < 4.78 is 0. The van der Waals surface area contributed by atoms with E-state index in [0.29, 0.717) is 0 Å². The lowest BCUT2D eigenvalue weighted by Gasteiger charge is -2.19. The van der Waals surface area contributed by atoms with Crippen molar-refractivity contribution in [3.8, 4) is 11.3 Å². The molecule has 0 saturated heterocycles. The summed E-state index contributed by atoms with van der Waals surface area (Å²) in [5, 5.41) is 3.16. The maximum Gasteiger partial charge on any atom is 0.0705 e. The van der Waals surface area contributed by atoms with Crippen molar-refractivity contribution in [2.45, 2.75) is 32.7 Å². The van der Waals surface area contributed by atoms with Crippen molar-refractivity contribution < 1.29 is 0 Å². The molecule has 2 rings (SSSR count). The Morgan fingerprint density at radius 2 is 1.74 bits per heavy atom. The van der Waals surface area contributed by atoms with E-state index in [0.717, 1.165) is 12.2 Å². The molecule has 2 aromatic rings. The van der Waals surface area contributed by atoms with Crippen LogP contribution in [0.5, 0.6) is 0 Å². The zero-order valence-corrected chi connectivity index (χ0v) is 12.2. The number of benzene rings is 1. The third-order valence-corrected chi connectivity index (χ3v) is 3.25. The second-order valence-electron chi connectivity index (χ2n) is 5.91. The van der Waals surface area contributed by atoms with E-state index >= 15 is 0 Å². The van der Waals surface area contributed by atoms with E-state index in [-0.39, 0.29) is 5.41 Å². The normalized spacial score (nSPS) is 11.6. The number of pyridine rings is 1. The van der Waals surface area contributed by atoms with Crippen molar-refractivity contribution >= 4 is 0 Å². The molecule has 1 N–H and O–H groups in total. The van der Waals surface area contributed by atoms with Crippen LogP contribution in [-0.4, -0.2) is 12.0 Å². The van der Waals surface area contributed by atoms with Crippen LogP contribution in [0.3, 0.4) is 0 Å². The van der Waals surface area contributed by atoms with Gasteiger partial charge in [0.15, 0.2) is 0 Å². The van der Waals surface area contributed by atoms with E-state index < -0.39 is 0 Å². The second kappa shape index (κ2) is 5.54. The van der Waals surface area contributed by atoms with Gasteiger partial charge in [0, 0.05) is 18.3 Å². The Hall–Kier alpha value is -1.67. The molecule has 0 saturated carbocycles. The van der Waals surface area contributed by atoms with Crippen LogP contribution in [0.4, 0.5) is 0 Å². The summed E-state index contributed by atoms with van der Waals surface area (Å²) in [5.74, 6) is 0. The van der Waals surface area contributed by atoms with Gasteiger partial charge in [0.25, 0.3) is 0 Å². The van der Waals surface area contributed by atoms with Gasteiger partial charge in [-0.05, 0) is 35.7 Å². The molecule has 0 bridgehead atoms. The van der Waals surface area contributed by atoms with Crippen molar-refractivity contribution in [3.05, 3.63) is 53.7 Å². The molecule has 1 aromatic carbocycles. The third-order valence-electron chi connectivity index (χ3n) is 3.25. The van der Waals surface area contributed by atoms with Gasteiger partial charge in [-0.1, -0.05) is 45.0 Å². The minimum absolute atomic E-state index is 0.194. The Labute approximate surface area is 115 Å².